The summed E-state index contributed by atoms with van der Waals surface area (Å²) < 4.78 is 42.3. The Hall–Kier alpha value is -4.51. The van der Waals surface area contributed by atoms with E-state index in [2.05, 4.69) is 21.4 Å². The van der Waals surface area contributed by atoms with Gasteiger partial charge in [0, 0.05) is 24.9 Å². The number of carboxylic acid groups (broad SMARTS) is 1. The molecule has 0 aliphatic rings. The van der Waals surface area contributed by atoms with Crippen LogP contribution >= 0.6 is 23.2 Å². The number of nitrogens with two attached hydrogens (primary N) is 2. The second-order valence-corrected chi connectivity index (χ2v) is 9.78. The second-order valence-electron chi connectivity index (χ2n) is 9.02. The Bertz CT molecular complexity index is 1520. The minimum atomic E-state index is -5.08. The molecule has 0 aliphatic carbocycles. The first-order chi connectivity index (χ1) is 21.7. The number of ether oxygens (including phenoxy) is 2. The van der Waals surface area contributed by atoms with Crippen LogP contribution < -0.4 is 36.1 Å². The van der Waals surface area contributed by atoms with E-state index in [9.17, 15) is 23.1 Å². The number of hydrogen-bond acceptors (Lipinski definition) is 10. The minimum absolute atomic E-state index is 0.0245. The molecule has 250 valence electrons. The highest BCUT2D eigenvalue weighted by Crippen LogP contribution is 2.46. The molecule has 2 aromatic carbocycles. The van der Waals surface area contributed by atoms with Crippen LogP contribution in [0.25, 0.3) is 0 Å². The number of alkyl halides is 3. The van der Waals surface area contributed by atoms with Crippen LogP contribution in [-0.4, -0.2) is 72.9 Å². The van der Waals surface area contributed by atoms with Crippen molar-refractivity contribution >= 4 is 58.2 Å². The topological polar surface area (TPSA) is 189 Å². The largest absolute Gasteiger partial charge is 0.495 e. The number of carbonyl (C=O) groups excluding carboxylic acids is 1. The summed E-state index contributed by atoms with van der Waals surface area (Å²) in [5.74, 6) is -1.63. The van der Waals surface area contributed by atoms with Crippen LogP contribution in [0.1, 0.15) is 11.1 Å². The van der Waals surface area contributed by atoms with Crippen LogP contribution in [-0.2, 0) is 17.6 Å². The first-order valence-electron chi connectivity index (χ1n) is 13.1. The first kappa shape index (κ1) is 37.7. The number of rotatable bonds is 11. The fourth-order valence-corrected chi connectivity index (χ4v) is 4.51. The van der Waals surface area contributed by atoms with Gasteiger partial charge in [-0.25, -0.2) is 19.6 Å². The van der Waals surface area contributed by atoms with E-state index in [4.69, 9.17) is 54.0 Å². The van der Waals surface area contributed by atoms with Gasteiger partial charge < -0.3 is 36.5 Å². The Morgan fingerprint density at radius 2 is 1.70 bits per heavy atom. The molecule has 1 aromatic heterocycles. The van der Waals surface area contributed by atoms with Crippen LogP contribution in [0.2, 0.25) is 10.0 Å². The van der Waals surface area contributed by atoms with Crippen molar-refractivity contribution in [1.29, 1.82) is 0 Å². The van der Waals surface area contributed by atoms with Crippen LogP contribution in [0.15, 0.2) is 48.9 Å². The number of hydrogen-bond donors (Lipinski definition) is 5. The van der Waals surface area contributed by atoms with Crippen LogP contribution in [0.5, 0.6) is 11.5 Å². The molecular weight excluding hydrogens is 658 g/mol. The number of allylic oxidation sites excluding steroid dienone is 1. The van der Waals surface area contributed by atoms with Gasteiger partial charge in [0.15, 0.2) is 0 Å². The third kappa shape index (κ3) is 9.74. The average Bonchev–Trinajstić information content (AvgIpc) is 3.02. The molecular formula is C28H32Cl2F3N7O6. The van der Waals surface area contributed by atoms with Crippen molar-refractivity contribution in [3.8, 4) is 11.5 Å². The Balaban J connectivity index is 0.000000942. The van der Waals surface area contributed by atoms with Crippen LogP contribution in [0.3, 0.4) is 0 Å². The lowest BCUT2D eigenvalue weighted by atomic mass is 10.0. The summed E-state index contributed by atoms with van der Waals surface area (Å²) in [6, 6.07) is 8.40. The molecule has 3 rings (SSSR count). The number of aliphatic hydroxyl groups excluding tert-OH is 1. The summed E-state index contributed by atoms with van der Waals surface area (Å²) in [4.78, 5) is 33.1. The zero-order valence-electron chi connectivity index (χ0n) is 24.8. The molecule has 18 heteroatoms. The van der Waals surface area contributed by atoms with Gasteiger partial charge in [0.1, 0.15) is 46.2 Å². The van der Waals surface area contributed by atoms with E-state index in [1.807, 2.05) is 18.2 Å². The van der Waals surface area contributed by atoms with Crippen molar-refractivity contribution in [2.75, 3.05) is 49.7 Å². The lowest BCUT2D eigenvalue weighted by Gasteiger charge is -2.28. The highest BCUT2D eigenvalue weighted by Gasteiger charge is 2.38. The monoisotopic (exact) mass is 689 g/mol. The van der Waals surface area contributed by atoms with Crippen LogP contribution in [0.4, 0.5) is 41.0 Å². The van der Waals surface area contributed by atoms with Gasteiger partial charge in [-0.1, -0.05) is 41.4 Å². The lowest BCUT2D eigenvalue weighted by Crippen LogP contribution is -2.42. The first-order valence-corrected chi connectivity index (χ1v) is 13.8. The van der Waals surface area contributed by atoms with E-state index in [0.29, 0.717) is 18.8 Å². The van der Waals surface area contributed by atoms with E-state index < -0.39 is 24.9 Å². The lowest BCUT2D eigenvalue weighted by molar-refractivity contribution is -0.192. The molecule has 0 bridgehead atoms. The number of benzene rings is 2. The fourth-order valence-electron chi connectivity index (χ4n) is 3.81. The van der Waals surface area contributed by atoms with E-state index in [1.165, 1.54) is 44.8 Å². The zero-order valence-corrected chi connectivity index (χ0v) is 26.3. The normalized spacial score (nSPS) is 11.0. The number of anilines is 4. The maximum absolute atomic E-state index is 13.5. The summed E-state index contributed by atoms with van der Waals surface area (Å²) in [5, 5.41) is 20.6. The molecule has 0 aliphatic heterocycles. The van der Waals surface area contributed by atoms with Gasteiger partial charge in [0.2, 0.25) is 0 Å². The van der Waals surface area contributed by atoms with Gasteiger partial charge >= 0.3 is 18.2 Å². The number of aliphatic hydroxyl groups is 1. The van der Waals surface area contributed by atoms with E-state index in [-0.39, 0.29) is 33.0 Å². The van der Waals surface area contributed by atoms with Gasteiger partial charge in [-0.05, 0) is 42.8 Å². The molecule has 0 unspecified atom stereocenters. The highest BCUT2D eigenvalue weighted by atomic mass is 35.5. The summed E-state index contributed by atoms with van der Waals surface area (Å²) in [6.07, 6.45) is 0.925. The number of carboxylic acids is 1. The molecule has 7 N–H and O–H groups in total. The van der Waals surface area contributed by atoms with Gasteiger partial charge in [-0.15, -0.1) is 0 Å². The highest BCUT2D eigenvalue weighted by molar-refractivity contribution is 6.42. The van der Waals surface area contributed by atoms with Crippen molar-refractivity contribution in [2.45, 2.75) is 19.0 Å². The molecule has 2 amide bonds. The molecule has 0 radical (unpaired) electrons. The summed E-state index contributed by atoms with van der Waals surface area (Å²) >= 11 is 12.9. The van der Waals surface area contributed by atoms with Gasteiger partial charge in [0.05, 0.1) is 19.9 Å². The predicted molar refractivity (Wildman–Crippen MR) is 168 cm³/mol. The van der Waals surface area contributed by atoms with Crippen molar-refractivity contribution < 1.29 is 42.4 Å². The number of nitrogens with zero attached hydrogens (tertiary/aromatic N) is 4. The van der Waals surface area contributed by atoms with E-state index in [0.717, 1.165) is 28.1 Å². The summed E-state index contributed by atoms with van der Waals surface area (Å²) in [5.41, 5.74) is 14.2. The fraction of sp³-hybridized carbons (Fsp3) is 0.286. The van der Waals surface area contributed by atoms with Crippen molar-refractivity contribution in [3.05, 3.63) is 70.1 Å². The molecule has 1 heterocycles. The third-order valence-electron chi connectivity index (χ3n) is 6.06. The maximum atomic E-state index is 13.5. The number of carbonyl (C=O) groups is 2. The van der Waals surface area contributed by atoms with Crippen LogP contribution in [0, 0.1) is 0 Å². The molecule has 0 spiro atoms. The Morgan fingerprint density at radius 3 is 2.20 bits per heavy atom. The zero-order chi connectivity index (χ0) is 34.6. The number of halogens is 5. The van der Waals surface area contributed by atoms with Gasteiger partial charge in [0.25, 0.3) is 0 Å². The summed E-state index contributed by atoms with van der Waals surface area (Å²) in [6.45, 7) is -0.194. The maximum Gasteiger partial charge on any atom is 0.490 e. The van der Waals surface area contributed by atoms with Gasteiger partial charge in [-0.3, -0.25) is 9.80 Å². The summed E-state index contributed by atoms with van der Waals surface area (Å²) in [7, 11) is 4.32. The van der Waals surface area contributed by atoms with Gasteiger partial charge in [-0.2, -0.15) is 13.2 Å². The van der Waals surface area contributed by atoms with E-state index in [1.54, 1.807) is 6.07 Å². The molecule has 0 saturated carbocycles. The SMILES string of the molecule is COc1cc(OC)c(Cl)c(N(CO)C(=O)N(C)c2cc(Nc3ccc(CCN)cc3CC=CN)ncn2)c1Cl.O=C(O)C(F)(F)F. The molecule has 0 saturated heterocycles. The van der Waals surface area contributed by atoms with Crippen molar-refractivity contribution in [1.82, 2.24) is 9.97 Å². The number of aromatic nitrogens is 2. The quantitative estimate of drug-likeness (QED) is 0.175. The number of amides is 2. The standard InChI is InChI=1S/C26H31Cl2N7O4.C2HF3O2/c1-34(26(37)35(15-36)25-23(27)19(38-2)12-20(39-3)24(25)28)22-13-21(31-14-32-22)33-18-7-6-16(8-10-30)11-17(18)5-4-9-29;3-2(4,5)1(6)7/h4,6-7,9,11-14,36H,5,8,10,15,29-30H2,1-3H3,(H,31,32,33);(H,6,7). The molecule has 46 heavy (non-hydrogen) atoms. The predicted octanol–water partition coefficient (Wildman–Crippen LogP) is 4.71. The smallest absolute Gasteiger partial charge is 0.490 e. The van der Waals surface area contributed by atoms with Crippen molar-refractivity contribution in [2.24, 2.45) is 11.5 Å². The average molecular weight is 691 g/mol. The third-order valence-corrected chi connectivity index (χ3v) is 6.79. The second kappa shape index (κ2) is 17.3. The molecule has 13 nitrogen and oxygen atoms in total. The number of aliphatic carboxylic acids is 1. The number of nitrogens with one attached hydrogen (secondary N) is 1. The molecule has 0 atom stereocenters. The Kier molecular flexibility index (Phi) is 14.1. The minimum Gasteiger partial charge on any atom is -0.495 e. The Morgan fingerprint density at radius 1 is 1.09 bits per heavy atom. The van der Waals surface area contributed by atoms with Crippen molar-refractivity contribution in [3.63, 3.8) is 0 Å². The number of methoxy groups -OCH3 is 2. The number of urea groups is 1. The van der Waals surface area contributed by atoms with E-state index >= 15 is 0 Å². The molecule has 0 fully saturated rings. The Labute approximate surface area is 272 Å². The molecule has 3 aromatic rings.